The maximum Gasteiger partial charge on any atom is 0.235 e. The first-order chi connectivity index (χ1) is 10.4. The summed E-state index contributed by atoms with van der Waals surface area (Å²) >= 11 is 0. The highest BCUT2D eigenvalue weighted by Gasteiger charge is 1.98. The van der Waals surface area contributed by atoms with Crippen LogP contribution in [0.3, 0.4) is 0 Å². The van der Waals surface area contributed by atoms with E-state index in [-0.39, 0.29) is 12.4 Å². The van der Waals surface area contributed by atoms with Crippen molar-refractivity contribution in [1.82, 2.24) is 0 Å². The Bertz CT molecular complexity index is 646. The summed E-state index contributed by atoms with van der Waals surface area (Å²) in [4.78, 5) is 11.7. The van der Waals surface area contributed by atoms with Gasteiger partial charge in [-0.05, 0) is 11.5 Å². The number of rotatable bonds is 5. The molecule has 0 saturated heterocycles. The van der Waals surface area contributed by atoms with E-state index in [0.29, 0.717) is 12.2 Å². The normalized spacial score (nSPS) is 10.1. The zero-order valence-electron chi connectivity index (χ0n) is 11.7. The molecular weight excluding hydrogens is 260 g/mol. The number of carbonyl (C=O) groups is 1. The maximum absolute atomic E-state index is 11.7. The maximum atomic E-state index is 11.7. The number of Topliss-reactive ketones (excluding diaryl/α,β-unsaturated/α-hetero) is 1. The van der Waals surface area contributed by atoms with Crippen LogP contribution in [0.5, 0.6) is 0 Å². The Morgan fingerprint density at radius 2 is 1.67 bits per heavy atom. The fourth-order valence-electron chi connectivity index (χ4n) is 1.70. The van der Waals surface area contributed by atoms with Gasteiger partial charge in [0.25, 0.3) is 0 Å². The Labute approximate surface area is 125 Å². The Hall–Kier alpha value is -2.63. The lowest BCUT2D eigenvalue weighted by Crippen LogP contribution is -1.96. The average Bonchev–Trinajstić information content (AvgIpc) is 2.55. The molecule has 104 valence electrons. The van der Waals surface area contributed by atoms with Crippen molar-refractivity contribution in [3.05, 3.63) is 77.9 Å². The molecule has 0 aromatic heterocycles. The zero-order valence-corrected chi connectivity index (χ0v) is 11.7. The van der Waals surface area contributed by atoms with Gasteiger partial charge in [-0.25, -0.2) is 0 Å². The summed E-state index contributed by atoms with van der Waals surface area (Å²) in [5, 5.41) is 0. The monoisotopic (exact) mass is 276 g/mol. The zero-order chi connectivity index (χ0) is 14.8. The predicted octanol–water partition coefficient (Wildman–Crippen LogP) is 3.60. The Kier molecular flexibility index (Phi) is 6.00. The van der Waals surface area contributed by atoms with Gasteiger partial charge in [0, 0.05) is 5.56 Å². The third-order valence-corrected chi connectivity index (χ3v) is 2.74. The van der Waals surface area contributed by atoms with Crippen LogP contribution in [-0.2, 0) is 4.74 Å². The van der Waals surface area contributed by atoms with Crippen LogP contribution in [0.25, 0.3) is 6.08 Å². The lowest BCUT2D eigenvalue weighted by Gasteiger charge is -1.94. The van der Waals surface area contributed by atoms with Gasteiger partial charge >= 0.3 is 0 Å². The fourth-order valence-corrected chi connectivity index (χ4v) is 1.70. The molecule has 0 atom stereocenters. The summed E-state index contributed by atoms with van der Waals surface area (Å²) in [6, 6.07) is 19.0. The second kappa shape index (κ2) is 8.52. The van der Waals surface area contributed by atoms with Crippen molar-refractivity contribution in [2.24, 2.45) is 0 Å². The molecule has 2 aromatic carbocycles. The summed E-state index contributed by atoms with van der Waals surface area (Å²) in [6.45, 7) is 0.723. The number of carbonyl (C=O) groups excluding carboxylic acids is 1. The van der Waals surface area contributed by atoms with Crippen LogP contribution in [0.1, 0.15) is 15.9 Å². The van der Waals surface area contributed by atoms with Crippen LogP contribution < -0.4 is 0 Å². The predicted molar refractivity (Wildman–Crippen MR) is 84.8 cm³/mol. The fraction of sp³-hybridized carbons (Fsp3) is 0.105. The summed E-state index contributed by atoms with van der Waals surface area (Å²) in [5.41, 5.74) is 1.74. The molecule has 0 spiro atoms. The molecule has 0 amide bonds. The van der Waals surface area contributed by atoms with Crippen LogP contribution in [0, 0.1) is 11.8 Å². The molecule has 0 saturated carbocycles. The van der Waals surface area contributed by atoms with E-state index in [1.165, 1.54) is 0 Å². The van der Waals surface area contributed by atoms with Crippen LogP contribution in [0.4, 0.5) is 0 Å². The molecule has 2 nitrogen and oxygen atoms in total. The van der Waals surface area contributed by atoms with Crippen molar-refractivity contribution >= 4 is 11.9 Å². The van der Waals surface area contributed by atoms with E-state index < -0.39 is 0 Å². The van der Waals surface area contributed by atoms with Crippen LogP contribution >= 0.6 is 0 Å². The van der Waals surface area contributed by atoms with E-state index in [9.17, 15) is 4.79 Å². The molecule has 0 fully saturated rings. The quantitative estimate of drug-likeness (QED) is 0.361. The van der Waals surface area contributed by atoms with Crippen molar-refractivity contribution in [2.75, 3.05) is 13.2 Å². The Morgan fingerprint density at radius 3 is 2.38 bits per heavy atom. The van der Waals surface area contributed by atoms with E-state index in [0.717, 1.165) is 5.56 Å². The van der Waals surface area contributed by atoms with Crippen molar-refractivity contribution in [1.29, 1.82) is 0 Å². The first kappa shape index (κ1) is 14.8. The van der Waals surface area contributed by atoms with Gasteiger partial charge in [0.05, 0.1) is 6.61 Å². The van der Waals surface area contributed by atoms with Gasteiger partial charge in [0.2, 0.25) is 5.78 Å². The summed E-state index contributed by atoms with van der Waals surface area (Å²) in [6.07, 6.45) is 3.92. The van der Waals surface area contributed by atoms with Crippen LogP contribution in [-0.4, -0.2) is 19.0 Å². The van der Waals surface area contributed by atoms with Gasteiger partial charge in [-0.1, -0.05) is 78.7 Å². The molecule has 2 rings (SSSR count). The third kappa shape index (κ3) is 5.48. The smallest absolute Gasteiger partial charge is 0.235 e. The van der Waals surface area contributed by atoms with Gasteiger partial charge in [-0.3, -0.25) is 4.79 Å². The highest BCUT2D eigenvalue weighted by Crippen LogP contribution is 2.00. The molecule has 0 aliphatic rings. The number of hydrogen-bond acceptors (Lipinski definition) is 2. The van der Waals surface area contributed by atoms with Crippen LogP contribution in [0.2, 0.25) is 0 Å². The lowest BCUT2D eigenvalue weighted by atomic mass is 10.1. The van der Waals surface area contributed by atoms with Crippen molar-refractivity contribution in [3.63, 3.8) is 0 Å². The van der Waals surface area contributed by atoms with Gasteiger partial charge in [-0.15, -0.1) is 0 Å². The molecule has 2 heteroatoms. The van der Waals surface area contributed by atoms with Gasteiger partial charge in [0.15, 0.2) is 0 Å². The molecule has 0 radical (unpaired) electrons. The Morgan fingerprint density at radius 1 is 1.00 bits per heavy atom. The number of hydrogen-bond donors (Lipinski definition) is 0. The van der Waals surface area contributed by atoms with E-state index in [1.54, 1.807) is 12.1 Å². The molecule has 0 N–H and O–H groups in total. The lowest BCUT2D eigenvalue weighted by molar-refractivity contribution is 0.105. The summed E-state index contributed by atoms with van der Waals surface area (Å²) in [7, 11) is 0. The minimum Gasteiger partial charge on any atom is -0.365 e. The Balaban J connectivity index is 1.70. The minimum atomic E-state index is -0.181. The average molecular weight is 276 g/mol. The van der Waals surface area contributed by atoms with Crippen LogP contribution in [0.15, 0.2) is 66.7 Å². The van der Waals surface area contributed by atoms with Crippen molar-refractivity contribution in [2.45, 2.75) is 0 Å². The molecule has 0 heterocycles. The standard InChI is InChI=1S/C19H16O2/c20-19(18-12-5-2-6-13-18)14-8-16-21-15-7-11-17-9-3-1-4-10-17/h1-7,9-13H,15-16H2/b11-7+. The largest absolute Gasteiger partial charge is 0.365 e. The molecule has 2 aromatic rings. The van der Waals surface area contributed by atoms with Gasteiger partial charge in [0.1, 0.15) is 6.61 Å². The summed E-state index contributed by atoms with van der Waals surface area (Å²) < 4.78 is 5.33. The molecule has 0 unspecified atom stereocenters. The number of ketones is 1. The minimum absolute atomic E-state index is 0.181. The van der Waals surface area contributed by atoms with Crippen molar-refractivity contribution < 1.29 is 9.53 Å². The van der Waals surface area contributed by atoms with E-state index in [4.69, 9.17) is 4.74 Å². The number of benzene rings is 2. The van der Waals surface area contributed by atoms with Crippen molar-refractivity contribution in [3.8, 4) is 11.8 Å². The third-order valence-electron chi connectivity index (χ3n) is 2.74. The highest BCUT2D eigenvalue weighted by molar-refractivity contribution is 6.08. The van der Waals surface area contributed by atoms with E-state index in [2.05, 4.69) is 11.8 Å². The second-order valence-corrected chi connectivity index (χ2v) is 4.33. The highest BCUT2D eigenvalue weighted by atomic mass is 16.5. The van der Waals surface area contributed by atoms with Gasteiger partial charge in [-0.2, -0.15) is 0 Å². The van der Waals surface area contributed by atoms with E-state index >= 15 is 0 Å². The summed E-state index contributed by atoms with van der Waals surface area (Å²) in [5.74, 6) is 5.11. The van der Waals surface area contributed by atoms with Gasteiger partial charge < -0.3 is 4.74 Å². The molecule has 21 heavy (non-hydrogen) atoms. The molecule has 0 aliphatic carbocycles. The first-order valence-electron chi connectivity index (χ1n) is 6.74. The first-order valence-corrected chi connectivity index (χ1v) is 6.74. The second-order valence-electron chi connectivity index (χ2n) is 4.33. The molecular formula is C19H16O2. The molecule has 0 aliphatic heterocycles. The van der Waals surface area contributed by atoms with E-state index in [1.807, 2.05) is 60.7 Å². The molecule has 0 bridgehead atoms. The topological polar surface area (TPSA) is 26.3 Å². The SMILES string of the molecule is O=C(C#CCOC/C=C/c1ccccc1)c1ccccc1. The number of ether oxygens (including phenoxy) is 1.